The molecule has 1 aliphatic heterocycles. The van der Waals surface area contributed by atoms with Crippen LogP contribution in [-0.4, -0.2) is 32.3 Å². The van der Waals surface area contributed by atoms with E-state index in [2.05, 4.69) is 11.8 Å². The van der Waals surface area contributed by atoms with Gasteiger partial charge in [0.15, 0.2) is 0 Å². The molecule has 1 aliphatic rings. The van der Waals surface area contributed by atoms with Crippen LogP contribution >= 0.6 is 0 Å². The highest BCUT2D eigenvalue weighted by Crippen LogP contribution is 2.41. The first-order chi connectivity index (χ1) is 8.56. The van der Waals surface area contributed by atoms with Gasteiger partial charge in [0, 0.05) is 43.4 Å². The summed E-state index contributed by atoms with van der Waals surface area (Å²) < 4.78 is 0. The van der Waals surface area contributed by atoms with Crippen molar-refractivity contribution in [3.05, 3.63) is 23.8 Å². The molecular formula is C14H18N2O2. The second-order valence-corrected chi connectivity index (χ2v) is 4.76. The molecule has 1 aromatic carbocycles. The highest BCUT2D eigenvalue weighted by atomic mass is 16.2. The van der Waals surface area contributed by atoms with Crippen LogP contribution in [0.1, 0.15) is 25.3 Å². The fourth-order valence-corrected chi connectivity index (χ4v) is 2.57. The molecule has 0 fully saturated rings. The van der Waals surface area contributed by atoms with E-state index in [-0.39, 0.29) is 5.91 Å². The number of amides is 1. The van der Waals surface area contributed by atoms with Gasteiger partial charge >= 0.3 is 0 Å². The quantitative estimate of drug-likeness (QED) is 0.763. The first-order valence-electron chi connectivity index (χ1n) is 6.12. The van der Waals surface area contributed by atoms with Gasteiger partial charge in [0.05, 0.1) is 6.54 Å². The van der Waals surface area contributed by atoms with E-state index in [0.29, 0.717) is 12.5 Å². The highest BCUT2D eigenvalue weighted by Gasteiger charge is 2.29. The highest BCUT2D eigenvalue weighted by molar-refractivity contribution is 5.93. The topological polar surface area (TPSA) is 40.6 Å². The summed E-state index contributed by atoms with van der Waals surface area (Å²) >= 11 is 0. The van der Waals surface area contributed by atoms with Crippen LogP contribution in [0.2, 0.25) is 0 Å². The molecule has 4 nitrogen and oxygen atoms in total. The van der Waals surface area contributed by atoms with Crippen LogP contribution in [0.15, 0.2) is 18.2 Å². The molecule has 0 spiro atoms. The van der Waals surface area contributed by atoms with Crippen molar-refractivity contribution in [2.24, 2.45) is 0 Å². The number of hydrogen-bond acceptors (Lipinski definition) is 3. The van der Waals surface area contributed by atoms with Gasteiger partial charge in [-0.05, 0) is 12.1 Å². The molecule has 1 atom stereocenters. The number of hydrogen-bond donors (Lipinski definition) is 0. The predicted octanol–water partition coefficient (Wildman–Crippen LogP) is 1.79. The largest absolute Gasteiger partial charge is 0.364 e. The van der Waals surface area contributed by atoms with E-state index in [4.69, 9.17) is 0 Å². The summed E-state index contributed by atoms with van der Waals surface area (Å²) in [5.41, 5.74) is 3.18. The summed E-state index contributed by atoms with van der Waals surface area (Å²) in [6, 6.07) is 5.91. The molecule has 0 bridgehead atoms. The number of fused-ring (bicyclic) bond motifs is 1. The second-order valence-electron chi connectivity index (χ2n) is 4.76. The Hall–Kier alpha value is -1.84. The van der Waals surface area contributed by atoms with Crippen LogP contribution in [0.3, 0.4) is 0 Å². The monoisotopic (exact) mass is 246 g/mol. The van der Waals surface area contributed by atoms with E-state index in [9.17, 15) is 9.59 Å². The zero-order valence-electron chi connectivity index (χ0n) is 11.0. The molecule has 96 valence electrons. The minimum absolute atomic E-state index is 0.0180. The van der Waals surface area contributed by atoms with Crippen LogP contribution in [0, 0.1) is 0 Å². The Morgan fingerprint density at radius 1 is 1.56 bits per heavy atom. The van der Waals surface area contributed by atoms with Crippen molar-refractivity contribution in [2.45, 2.75) is 19.8 Å². The smallest absolute Gasteiger partial charge is 0.223 e. The van der Waals surface area contributed by atoms with Crippen LogP contribution in [0.5, 0.6) is 0 Å². The van der Waals surface area contributed by atoms with Crippen molar-refractivity contribution in [2.75, 3.05) is 29.9 Å². The normalized spacial score (nSPS) is 17.5. The van der Waals surface area contributed by atoms with Crippen LogP contribution in [-0.2, 0) is 9.59 Å². The van der Waals surface area contributed by atoms with E-state index in [1.807, 2.05) is 18.2 Å². The Bertz CT molecular complexity index is 485. The zero-order valence-corrected chi connectivity index (χ0v) is 11.0. The lowest BCUT2D eigenvalue weighted by molar-refractivity contribution is -0.116. The summed E-state index contributed by atoms with van der Waals surface area (Å²) in [6.45, 7) is 4.92. The van der Waals surface area contributed by atoms with E-state index in [0.717, 1.165) is 29.8 Å². The van der Waals surface area contributed by atoms with E-state index >= 15 is 0 Å². The Kier molecular flexibility index (Phi) is 3.36. The van der Waals surface area contributed by atoms with Crippen molar-refractivity contribution in [1.82, 2.24) is 0 Å². The van der Waals surface area contributed by atoms with Gasteiger partial charge in [0.1, 0.15) is 6.29 Å². The van der Waals surface area contributed by atoms with E-state index in [1.54, 1.807) is 18.9 Å². The van der Waals surface area contributed by atoms with Gasteiger partial charge in [-0.15, -0.1) is 0 Å². The minimum atomic E-state index is 0.0180. The van der Waals surface area contributed by atoms with Gasteiger partial charge in [0.2, 0.25) is 5.91 Å². The summed E-state index contributed by atoms with van der Waals surface area (Å²) in [5, 5.41) is 0. The third kappa shape index (κ3) is 1.98. The van der Waals surface area contributed by atoms with Gasteiger partial charge in [-0.2, -0.15) is 0 Å². The second kappa shape index (κ2) is 4.80. The lowest BCUT2D eigenvalue weighted by Crippen LogP contribution is -2.24. The van der Waals surface area contributed by atoms with Gasteiger partial charge in [-0.25, -0.2) is 0 Å². The molecule has 18 heavy (non-hydrogen) atoms. The van der Waals surface area contributed by atoms with E-state index in [1.165, 1.54) is 0 Å². The first kappa shape index (κ1) is 12.6. The number of anilines is 2. The molecule has 1 aromatic rings. The Balaban J connectivity index is 2.47. The average Bonchev–Trinajstić information content (AvgIpc) is 2.66. The number of rotatable bonds is 3. The Morgan fingerprint density at radius 2 is 2.28 bits per heavy atom. The SMILES string of the molecule is CC(=O)N(C)c1cccc2c1C(C)CN2CC=O. The van der Waals surface area contributed by atoms with Gasteiger partial charge < -0.3 is 14.6 Å². The van der Waals surface area contributed by atoms with Crippen LogP contribution in [0.4, 0.5) is 11.4 Å². The number of carbonyl (C=O) groups excluding carboxylic acids is 2. The standard InChI is InChI=1S/C14H18N2O2/c1-10-9-16(7-8-17)13-6-4-5-12(14(10)13)15(3)11(2)18/h4-6,8,10H,7,9H2,1-3H3. The molecule has 1 amide bonds. The summed E-state index contributed by atoms with van der Waals surface area (Å²) in [4.78, 5) is 25.9. The third-order valence-electron chi connectivity index (χ3n) is 3.52. The Labute approximate surface area is 107 Å². The van der Waals surface area contributed by atoms with Crippen molar-refractivity contribution in [3.8, 4) is 0 Å². The molecule has 0 radical (unpaired) electrons. The summed E-state index contributed by atoms with van der Waals surface area (Å²) in [5.74, 6) is 0.349. The molecule has 4 heteroatoms. The molecule has 0 saturated carbocycles. The lowest BCUT2D eigenvalue weighted by Gasteiger charge is -2.21. The van der Waals surface area contributed by atoms with Crippen molar-refractivity contribution >= 4 is 23.6 Å². The third-order valence-corrected chi connectivity index (χ3v) is 3.52. The molecule has 2 rings (SSSR count). The maximum Gasteiger partial charge on any atom is 0.223 e. The predicted molar refractivity (Wildman–Crippen MR) is 72.2 cm³/mol. The van der Waals surface area contributed by atoms with Crippen molar-refractivity contribution in [1.29, 1.82) is 0 Å². The number of benzene rings is 1. The molecule has 0 N–H and O–H groups in total. The molecule has 1 heterocycles. The molecule has 0 aliphatic carbocycles. The van der Waals surface area contributed by atoms with E-state index < -0.39 is 0 Å². The fraction of sp³-hybridized carbons (Fsp3) is 0.429. The molecule has 0 aromatic heterocycles. The van der Waals surface area contributed by atoms with Gasteiger partial charge in [-0.1, -0.05) is 13.0 Å². The van der Waals surface area contributed by atoms with Gasteiger partial charge in [0.25, 0.3) is 0 Å². The molecular weight excluding hydrogens is 228 g/mol. The van der Waals surface area contributed by atoms with Crippen molar-refractivity contribution in [3.63, 3.8) is 0 Å². The Morgan fingerprint density at radius 3 is 2.89 bits per heavy atom. The fourth-order valence-electron chi connectivity index (χ4n) is 2.57. The minimum Gasteiger partial charge on any atom is -0.364 e. The molecule has 0 saturated heterocycles. The van der Waals surface area contributed by atoms with Crippen molar-refractivity contribution < 1.29 is 9.59 Å². The maximum atomic E-state index is 11.5. The molecule has 1 unspecified atom stereocenters. The maximum absolute atomic E-state index is 11.5. The summed E-state index contributed by atoms with van der Waals surface area (Å²) in [6.07, 6.45) is 0.920. The van der Waals surface area contributed by atoms with Gasteiger partial charge in [-0.3, -0.25) is 4.79 Å². The lowest BCUT2D eigenvalue weighted by atomic mass is 10.0. The summed E-state index contributed by atoms with van der Waals surface area (Å²) in [7, 11) is 1.78. The number of nitrogens with zero attached hydrogens (tertiary/aromatic N) is 2. The number of carbonyl (C=O) groups is 2. The number of aldehydes is 1. The van der Waals surface area contributed by atoms with Crippen LogP contribution < -0.4 is 9.80 Å². The first-order valence-corrected chi connectivity index (χ1v) is 6.12. The van der Waals surface area contributed by atoms with Crippen LogP contribution in [0.25, 0.3) is 0 Å². The average molecular weight is 246 g/mol. The zero-order chi connectivity index (χ0) is 13.3.